The first-order valence-corrected chi connectivity index (χ1v) is 9.85. The summed E-state index contributed by atoms with van der Waals surface area (Å²) >= 11 is 0. The van der Waals surface area contributed by atoms with Crippen molar-refractivity contribution in [3.8, 4) is 5.88 Å². The van der Waals surface area contributed by atoms with Crippen LogP contribution in [-0.2, 0) is 0 Å². The number of fused-ring (bicyclic) bond motifs is 4. The van der Waals surface area contributed by atoms with Crippen LogP contribution in [0, 0.1) is 11.8 Å². The van der Waals surface area contributed by atoms with Crippen molar-refractivity contribution in [2.45, 2.75) is 45.1 Å². The zero-order valence-electron chi connectivity index (χ0n) is 15.2. The Morgan fingerprint density at radius 2 is 2.12 bits per heavy atom. The van der Waals surface area contributed by atoms with E-state index in [-0.39, 0.29) is 5.91 Å². The molecule has 25 heavy (non-hydrogen) atoms. The summed E-state index contributed by atoms with van der Waals surface area (Å²) in [6.45, 7) is 6.57. The first kappa shape index (κ1) is 16.8. The van der Waals surface area contributed by atoms with E-state index in [9.17, 15) is 4.79 Å². The fraction of sp³-hybridized carbons (Fsp3) is 0.700. The summed E-state index contributed by atoms with van der Waals surface area (Å²) in [5, 5.41) is 0. The average molecular weight is 343 g/mol. The largest absolute Gasteiger partial charge is 0.477 e. The van der Waals surface area contributed by atoms with Gasteiger partial charge in [0.05, 0.1) is 6.61 Å². The molecule has 0 spiro atoms. The summed E-state index contributed by atoms with van der Waals surface area (Å²) in [6.07, 6.45) is 8.36. The molecule has 1 aromatic heterocycles. The maximum Gasteiger partial charge on any atom is 0.259 e. The van der Waals surface area contributed by atoms with E-state index in [1.54, 1.807) is 6.20 Å². The first-order valence-electron chi connectivity index (χ1n) is 9.85. The molecule has 0 unspecified atom stereocenters. The predicted octanol–water partition coefficient (Wildman–Crippen LogP) is 2.82. The Morgan fingerprint density at radius 3 is 2.88 bits per heavy atom. The number of amides is 1. The van der Waals surface area contributed by atoms with E-state index >= 15 is 0 Å². The molecule has 0 radical (unpaired) electrons. The van der Waals surface area contributed by atoms with Gasteiger partial charge in [0, 0.05) is 38.4 Å². The van der Waals surface area contributed by atoms with E-state index in [1.165, 1.54) is 38.6 Å². The fourth-order valence-electron chi connectivity index (χ4n) is 4.55. The summed E-state index contributed by atoms with van der Waals surface area (Å²) in [5.74, 6) is 2.05. The van der Waals surface area contributed by atoms with Gasteiger partial charge in [-0.2, -0.15) is 0 Å². The lowest BCUT2D eigenvalue weighted by molar-refractivity contribution is 0.0712. The molecule has 0 N–H and O–H groups in total. The van der Waals surface area contributed by atoms with Crippen LogP contribution in [0.15, 0.2) is 18.3 Å². The van der Waals surface area contributed by atoms with Crippen molar-refractivity contribution in [1.29, 1.82) is 0 Å². The zero-order valence-corrected chi connectivity index (χ0v) is 15.2. The number of piperidine rings is 1. The summed E-state index contributed by atoms with van der Waals surface area (Å²) < 4.78 is 5.58. The minimum Gasteiger partial charge on any atom is -0.477 e. The molecule has 1 aromatic rings. The van der Waals surface area contributed by atoms with Crippen LogP contribution in [0.5, 0.6) is 5.88 Å². The highest BCUT2D eigenvalue weighted by Crippen LogP contribution is 2.33. The number of ether oxygens (including phenoxy) is 1. The van der Waals surface area contributed by atoms with Crippen LogP contribution >= 0.6 is 0 Å². The molecule has 2 bridgehead atoms. The summed E-state index contributed by atoms with van der Waals surface area (Å²) in [5.41, 5.74) is 0.608. The Hall–Kier alpha value is -1.62. The number of hydrogen-bond acceptors (Lipinski definition) is 4. The Labute approximate surface area is 150 Å². The van der Waals surface area contributed by atoms with Gasteiger partial charge >= 0.3 is 0 Å². The van der Waals surface area contributed by atoms with E-state index in [0.717, 1.165) is 25.6 Å². The third-order valence-electron chi connectivity index (χ3n) is 6.11. The lowest BCUT2D eigenvalue weighted by Crippen LogP contribution is -2.47. The van der Waals surface area contributed by atoms with E-state index in [1.807, 2.05) is 19.1 Å². The van der Waals surface area contributed by atoms with Crippen molar-refractivity contribution in [1.82, 2.24) is 14.8 Å². The second-order valence-electron chi connectivity index (χ2n) is 7.85. The Bertz CT molecular complexity index is 617. The molecule has 3 aliphatic heterocycles. The molecule has 0 aromatic carbocycles. The molecule has 2 atom stereocenters. The molecular weight excluding hydrogens is 314 g/mol. The van der Waals surface area contributed by atoms with Crippen LogP contribution in [0.25, 0.3) is 0 Å². The Balaban J connectivity index is 1.49. The summed E-state index contributed by atoms with van der Waals surface area (Å²) in [7, 11) is 0. The van der Waals surface area contributed by atoms with Crippen LogP contribution in [0.2, 0.25) is 0 Å². The highest BCUT2D eigenvalue weighted by Gasteiger charge is 2.38. The van der Waals surface area contributed by atoms with Crippen molar-refractivity contribution in [2.24, 2.45) is 11.8 Å². The van der Waals surface area contributed by atoms with Crippen LogP contribution in [0.3, 0.4) is 0 Å². The quantitative estimate of drug-likeness (QED) is 0.825. The lowest BCUT2D eigenvalue weighted by Gasteiger charge is -2.40. The molecule has 3 saturated heterocycles. The third-order valence-corrected chi connectivity index (χ3v) is 6.11. The number of carbonyl (C=O) groups is 1. The van der Waals surface area contributed by atoms with Crippen LogP contribution < -0.4 is 4.74 Å². The minimum absolute atomic E-state index is 0.0824. The van der Waals surface area contributed by atoms with Crippen LogP contribution in [0.1, 0.15) is 49.4 Å². The van der Waals surface area contributed by atoms with Crippen molar-refractivity contribution < 1.29 is 9.53 Å². The number of rotatable bonds is 5. The van der Waals surface area contributed by atoms with E-state index in [0.29, 0.717) is 30.0 Å². The van der Waals surface area contributed by atoms with Crippen LogP contribution in [0.4, 0.5) is 0 Å². The van der Waals surface area contributed by atoms with E-state index < -0.39 is 0 Å². The second-order valence-corrected chi connectivity index (χ2v) is 7.85. The third kappa shape index (κ3) is 3.52. The van der Waals surface area contributed by atoms with Gasteiger partial charge in [-0.3, -0.25) is 9.69 Å². The standard InChI is InChI=1S/C20H29N3O2/c1-2-25-19-18(7-4-10-21-19)20(24)23-13-16-8-9-17(14-23)22(12-16)11-15-5-3-6-15/h4,7,10,15-17H,2-3,5-6,8-9,11-14H2,1H3/t16-,17-/m1/s1. The molecule has 1 aliphatic carbocycles. The molecule has 1 saturated carbocycles. The fourth-order valence-corrected chi connectivity index (χ4v) is 4.55. The smallest absolute Gasteiger partial charge is 0.259 e. The Kier molecular flexibility index (Phi) is 4.93. The van der Waals surface area contributed by atoms with Gasteiger partial charge in [-0.15, -0.1) is 0 Å². The zero-order chi connectivity index (χ0) is 17.2. The van der Waals surface area contributed by atoms with Gasteiger partial charge in [-0.25, -0.2) is 4.98 Å². The molecule has 4 fully saturated rings. The molecule has 136 valence electrons. The maximum absolute atomic E-state index is 13.2. The molecule has 5 nitrogen and oxygen atoms in total. The van der Waals surface area contributed by atoms with Gasteiger partial charge in [-0.1, -0.05) is 6.42 Å². The average Bonchev–Trinajstić information content (AvgIpc) is 2.90. The summed E-state index contributed by atoms with van der Waals surface area (Å²) in [6, 6.07) is 4.19. The summed E-state index contributed by atoms with van der Waals surface area (Å²) in [4.78, 5) is 22.1. The second kappa shape index (κ2) is 7.32. The van der Waals surface area contributed by atoms with Crippen molar-refractivity contribution in [3.05, 3.63) is 23.9 Å². The highest BCUT2D eigenvalue weighted by atomic mass is 16.5. The Morgan fingerprint density at radius 1 is 1.24 bits per heavy atom. The molecule has 5 heteroatoms. The number of pyridine rings is 1. The number of hydrogen-bond donors (Lipinski definition) is 0. The molecule has 4 aliphatic rings. The van der Waals surface area contributed by atoms with Crippen molar-refractivity contribution >= 4 is 5.91 Å². The first-order chi connectivity index (χ1) is 12.2. The highest BCUT2D eigenvalue weighted by molar-refractivity contribution is 5.96. The van der Waals surface area contributed by atoms with Gasteiger partial charge in [0.2, 0.25) is 5.88 Å². The number of nitrogens with zero attached hydrogens (tertiary/aromatic N) is 3. The van der Waals surface area contributed by atoms with Gasteiger partial charge in [0.25, 0.3) is 5.91 Å². The normalized spacial score (nSPS) is 27.0. The van der Waals surface area contributed by atoms with Crippen LogP contribution in [-0.4, -0.2) is 59.5 Å². The van der Waals surface area contributed by atoms with Crippen molar-refractivity contribution in [3.63, 3.8) is 0 Å². The minimum atomic E-state index is 0.0824. The van der Waals surface area contributed by atoms with E-state index in [2.05, 4.69) is 14.8 Å². The van der Waals surface area contributed by atoms with Gasteiger partial charge in [-0.05, 0) is 56.6 Å². The number of aromatic nitrogens is 1. The topological polar surface area (TPSA) is 45.7 Å². The van der Waals surface area contributed by atoms with E-state index in [4.69, 9.17) is 4.74 Å². The number of carbonyl (C=O) groups excluding carboxylic acids is 1. The van der Waals surface area contributed by atoms with Gasteiger partial charge < -0.3 is 9.64 Å². The SMILES string of the molecule is CCOc1ncccc1C(=O)N1C[C@@H]2CC[C@H](C1)N(CC1CCC1)C2. The maximum atomic E-state index is 13.2. The lowest BCUT2D eigenvalue weighted by atomic mass is 9.83. The molecular formula is C20H29N3O2. The van der Waals surface area contributed by atoms with Gasteiger partial charge in [0.15, 0.2) is 0 Å². The van der Waals surface area contributed by atoms with Gasteiger partial charge in [0.1, 0.15) is 5.56 Å². The molecule has 5 rings (SSSR count). The van der Waals surface area contributed by atoms with Crippen molar-refractivity contribution in [2.75, 3.05) is 32.8 Å². The monoisotopic (exact) mass is 343 g/mol. The predicted molar refractivity (Wildman–Crippen MR) is 96.7 cm³/mol. The molecule has 1 amide bonds. The molecule has 4 heterocycles.